The third-order valence-electron chi connectivity index (χ3n) is 4.03. The van der Waals surface area contributed by atoms with Crippen molar-refractivity contribution in [1.29, 1.82) is 0 Å². The molecule has 0 heterocycles. The summed E-state index contributed by atoms with van der Waals surface area (Å²) >= 11 is 0. The first kappa shape index (κ1) is 15.4. The lowest BCUT2D eigenvalue weighted by molar-refractivity contribution is -0.143. The van der Waals surface area contributed by atoms with E-state index in [0.29, 0.717) is 12.3 Å². The van der Waals surface area contributed by atoms with Crippen LogP contribution in [0, 0.1) is 5.92 Å². The number of hydrogen-bond acceptors (Lipinski definition) is 3. The average Bonchev–Trinajstić information content (AvgIpc) is 2.43. The molecule has 1 atom stereocenters. The maximum absolute atomic E-state index is 12.0. The molecule has 0 bridgehead atoms. The normalized spacial score (nSPS) is 15.9. The Morgan fingerprint density at radius 3 is 2.52 bits per heavy atom. The Labute approximate surface area is 124 Å². The molecule has 5 heteroatoms. The summed E-state index contributed by atoms with van der Waals surface area (Å²) in [7, 11) is 1.49. The minimum atomic E-state index is -0.971. The van der Waals surface area contributed by atoms with Gasteiger partial charge in [0.05, 0.1) is 0 Å². The highest BCUT2D eigenvalue weighted by molar-refractivity contribution is 5.79. The molecule has 0 saturated heterocycles. The predicted molar refractivity (Wildman–Crippen MR) is 77.8 cm³/mol. The quantitative estimate of drug-likeness (QED) is 0.875. The number of hydrogen-bond donors (Lipinski definition) is 1. The van der Waals surface area contributed by atoms with Gasteiger partial charge in [0.1, 0.15) is 12.6 Å². The van der Waals surface area contributed by atoms with E-state index in [4.69, 9.17) is 4.74 Å². The Morgan fingerprint density at radius 2 is 2.00 bits per heavy atom. The van der Waals surface area contributed by atoms with Gasteiger partial charge in [-0.2, -0.15) is 0 Å². The fourth-order valence-electron chi connectivity index (χ4n) is 2.42. The molecule has 21 heavy (non-hydrogen) atoms. The van der Waals surface area contributed by atoms with Crippen LogP contribution in [0.5, 0.6) is 0 Å². The highest BCUT2D eigenvalue weighted by Crippen LogP contribution is 2.31. The molecule has 1 aliphatic rings. The van der Waals surface area contributed by atoms with Crippen molar-refractivity contribution in [3.63, 3.8) is 0 Å². The molecule has 1 saturated carbocycles. The van der Waals surface area contributed by atoms with Crippen molar-refractivity contribution in [2.75, 3.05) is 7.05 Å². The van der Waals surface area contributed by atoms with Crippen LogP contribution < -0.4 is 0 Å². The Bertz CT molecular complexity index is 484. The number of benzene rings is 1. The highest BCUT2D eigenvalue weighted by Gasteiger charge is 2.32. The summed E-state index contributed by atoms with van der Waals surface area (Å²) < 4.78 is 5.18. The molecule has 0 spiro atoms. The van der Waals surface area contributed by atoms with Crippen molar-refractivity contribution in [2.45, 2.75) is 38.3 Å². The van der Waals surface area contributed by atoms with E-state index >= 15 is 0 Å². The van der Waals surface area contributed by atoms with Crippen molar-refractivity contribution >= 4 is 12.1 Å². The Hall–Kier alpha value is -2.04. The van der Waals surface area contributed by atoms with Gasteiger partial charge in [0.15, 0.2) is 0 Å². The molecule has 0 aromatic heterocycles. The van der Waals surface area contributed by atoms with E-state index in [9.17, 15) is 14.7 Å². The highest BCUT2D eigenvalue weighted by atomic mass is 16.6. The molecule has 1 fully saturated rings. The van der Waals surface area contributed by atoms with Crippen LogP contribution in [0.2, 0.25) is 0 Å². The second kappa shape index (κ2) is 7.11. The van der Waals surface area contributed by atoms with Crippen molar-refractivity contribution in [2.24, 2.45) is 5.92 Å². The topological polar surface area (TPSA) is 66.8 Å². The van der Waals surface area contributed by atoms with Crippen LogP contribution in [0.25, 0.3) is 0 Å². The van der Waals surface area contributed by atoms with Gasteiger partial charge < -0.3 is 9.84 Å². The zero-order valence-corrected chi connectivity index (χ0v) is 12.2. The summed E-state index contributed by atoms with van der Waals surface area (Å²) in [5.74, 6) is -0.559. The molecule has 1 amide bonds. The van der Waals surface area contributed by atoms with Crippen molar-refractivity contribution < 1.29 is 19.4 Å². The molecule has 0 aliphatic heterocycles. The number of likely N-dealkylation sites (N-methyl/N-ethyl adjacent to an activating group) is 1. The van der Waals surface area contributed by atoms with Gasteiger partial charge >= 0.3 is 12.1 Å². The average molecular weight is 291 g/mol. The van der Waals surface area contributed by atoms with E-state index in [2.05, 4.69) is 0 Å². The van der Waals surface area contributed by atoms with Gasteiger partial charge in [-0.05, 0) is 17.9 Å². The van der Waals surface area contributed by atoms with E-state index in [-0.39, 0.29) is 6.61 Å². The number of carbonyl (C=O) groups is 2. The lowest BCUT2D eigenvalue weighted by Crippen LogP contribution is -2.44. The smallest absolute Gasteiger partial charge is 0.410 e. The van der Waals surface area contributed by atoms with E-state index in [1.807, 2.05) is 30.3 Å². The van der Waals surface area contributed by atoms with Crippen molar-refractivity contribution in [3.05, 3.63) is 35.9 Å². The first-order valence-corrected chi connectivity index (χ1v) is 7.24. The monoisotopic (exact) mass is 291 g/mol. The zero-order valence-electron chi connectivity index (χ0n) is 12.2. The van der Waals surface area contributed by atoms with Gasteiger partial charge in [0.25, 0.3) is 0 Å². The molecule has 0 unspecified atom stereocenters. The minimum Gasteiger partial charge on any atom is -0.480 e. The first-order chi connectivity index (χ1) is 10.1. The van der Waals surface area contributed by atoms with Gasteiger partial charge in [0, 0.05) is 7.05 Å². The molecular weight excluding hydrogens is 270 g/mol. The van der Waals surface area contributed by atoms with Gasteiger partial charge in [0.2, 0.25) is 0 Å². The SMILES string of the molecule is CN(C(=O)OCc1ccccc1)[C@@H](CC1CCC1)C(=O)O. The van der Waals surface area contributed by atoms with Crippen LogP contribution in [0.1, 0.15) is 31.2 Å². The molecule has 1 aliphatic carbocycles. The summed E-state index contributed by atoms with van der Waals surface area (Å²) in [5, 5.41) is 9.30. The zero-order chi connectivity index (χ0) is 15.2. The number of amides is 1. The fourth-order valence-corrected chi connectivity index (χ4v) is 2.42. The number of rotatable bonds is 6. The van der Waals surface area contributed by atoms with Gasteiger partial charge in [-0.1, -0.05) is 49.6 Å². The lowest BCUT2D eigenvalue weighted by atomic mass is 9.80. The number of carboxylic acids is 1. The third-order valence-corrected chi connectivity index (χ3v) is 4.03. The number of nitrogens with zero attached hydrogens (tertiary/aromatic N) is 1. The molecular formula is C16H21NO4. The minimum absolute atomic E-state index is 0.153. The van der Waals surface area contributed by atoms with E-state index in [1.165, 1.54) is 11.9 Å². The fraction of sp³-hybridized carbons (Fsp3) is 0.500. The van der Waals surface area contributed by atoms with Crippen LogP contribution >= 0.6 is 0 Å². The van der Waals surface area contributed by atoms with Crippen LogP contribution in [0.15, 0.2) is 30.3 Å². The molecule has 2 rings (SSSR count). The molecule has 1 aromatic carbocycles. The summed E-state index contributed by atoms with van der Waals surface area (Å²) in [6, 6.07) is 8.52. The second-order valence-corrected chi connectivity index (χ2v) is 5.54. The maximum atomic E-state index is 12.0. The van der Waals surface area contributed by atoms with E-state index in [0.717, 1.165) is 24.8 Å². The number of aliphatic carboxylic acids is 1. The third kappa shape index (κ3) is 4.21. The largest absolute Gasteiger partial charge is 0.480 e. The summed E-state index contributed by atoms with van der Waals surface area (Å²) in [4.78, 5) is 24.5. The van der Waals surface area contributed by atoms with Crippen LogP contribution in [0.4, 0.5) is 4.79 Å². The summed E-state index contributed by atoms with van der Waals surface area (Å²) in [6.45, 7) is 0.153. The van der Waals surface area contributed by atoms with E-state index < -0.39 is 18.1 Å². The molecule has 0 radical (unpaired) electrons. The number of carboxylic acid groups (broad SMARTS) is 1. The Balaban J connectivity index is 1.87. The maximum Gasteiger partial charge on any atom is 0.410 e. The number of ether oxygens (including phenoxy) is 1. The Kier molecular flexibility index (Phi) is 5.20. The van der Waals surface area contributed by atoms with Crippen molar-refractivity contribution in [1.82, 2.24) is 4.90 Å². The number of carbonyl (C=O) groups excluding carboxylic acids is 1. The lowest BCUT2D eigenvalue weighted by Gasteiger charge is -2.31. The summed E-state index contributed by atoms with van der Waals surface area (Å²) in [5.41, 5.74) is 0.880. The molecule has 5 nitrogen and oxygen atoms in total. The van der Waals surface area contributed by atoms with Crippen LogP contribution in [-0.2, 0) is 16.1 Å². The first-order valence-electron chi connectivity index (χ1n) is 7.24. The van der Waals surface area contributed by atoms with Crippen molar-refractivity contribution in [3.8, 4) is 0 Å². The Morgan fingerprint density at radius 1 is 1.33 bits per heavy atom. The van der Waals surface area contributed by atoms with E-state index in [1.54, 1.807) is 0 Å². The van der Waals surface area contributed by atoms with Crippen LogP contribution in [-0.4, -0.2) is 35.2 Å². The van der Waals surface area contributed by atoms with Gasteiger partial charge in [-0.15, -0.1) is 0 Å². The van der Waals surface area contributed by atoms with Gasteiger partial charge in [-0.25, -0.2) is 9.59 Å². The van der Waals surface area contributed by atoms with Gasteiger partial charge in [-0.3, -0.25) is 4.90 Å². The summed E-state index contributed by atoms with van der Waals surface area (Å²) in [6.07, 6.45) is 3.17. The predicted octanol–water partition coefficient (Wildman–Crippen LogP) is 2.90. The molecule has 114 valence electrons. The molecule has 1 aromatic rings. The van der Waals surface area contributed by atoms with Crippen LogP contribution in [0.3, 0.4) is 0 Å². The molecule has 1 N–H and O–H groups in total. The standard InChI is InChI=1S/C16H21NO4/c1-17(14(15(18)19)10-12-8-5-9-12)16(20)21-11-13-6-3-2-4-7-13/h2-4,6-7,12,14H,5,8-11H2,1H3,(H,18,19)/t14-/m0/s1. The second-order valence-electron chi connectivity index (χ2n) is 5.54.